The number of hydrogen-bond acceptors (Lipinski definition) is 4. The van der Waals surface area contributed by atoms with Crippen LogP contribution in [0.15, 0.2) is 54.6 Å². The van der Waals surface area contributed by atoms with Crippen LogP contribution in [0.3, 0.4) is 0 Å². The Labute approximate surface area is 166 Å². The van der Waals surface area contributed by atoms with Crippen molar-refractivity contribution >= 4 is 17.7 Å². The molecule has 0 fully saturated rings. The molecule has 150 valence electrons. The van der Waals surface area contributed by atoms with Gasteiger partial charge in [0.2, 0.25) is 5.91 Å². The molecule has 0 aliphatic heterocycles. The molecule has 6 heteroatoms. The van der Waals surface area contributed by atoms with Gasteiger partial charge in [-0.15, -0.1) is 0 Å². The van der Waals surface area contributed by atoms with E-state index in [0.717, 1.165) is 5.56 Å². The van der Waals surface area contributed by atoms with Crippen LogP contribution in [0.2, 0.25) is 0 Å². The molecule has 1 atom stereocenters. The Bertz CT molecular complexity index is 782. The number of nitrogens with one attached hydrogen (secondary N) is 1. The third kappa shape index (κ3) is 6.30. The molecule has 0 aliphatic carbocycles. The standard InChI is InChI=1S/C22H28N2O4/c1-22(2,3)28-21(26)23-19(15-16-9-7-6-8-10-16)20(25)24(4)17-11-13-18(27-5)14-12-17/h6-14,19H,15H2,1-5H3,(H,23,26)/t19-/m1/s1. The van der Waals surface area contributed by atoms with Crippen molar-refractivity contribution in [3.05, 3.63) is 60.2 Å². The van der Waals surface area contributed by atoms with E-state index in [2.05, 4.69) is 5.32 Å². The van der Waals surface area contributed by atoms with Crippen LogP contribution in [0.1, 0.15) is 26.3 Å². The van der Waals surface area contributed by atoms with Crippen molar-refractivity contribution in [1.29, 1.82) is 0 Å². The predicted molar refractivity (Wildman–Crippen MR) is 110 cm³/mol. The van der Waals surface area contributed by atoms with E-state index in [4.69, 9.17) is 9.47 Å². The number of alkyl carbamates (subject to hydrolysis) is 1. The minimum atomic E-state index is -0.760. The van der Waals surface area contributed by atoms with Crippen LogP contribution in [0.5, 0.6) is 5.75 Å². The molecular weight excluding hydrogens is 356 g/mol. The molecule has 0 heterocycles. The van der Waals surface area contributed by atoms with Gasteiger partial charge in [0.05, 0.1) is 7.11 Å². The van der Waals surface area contributed by atoms with Crippen LogP contribution in [-0.2, 0) is 16.0 Å². The first-order chi connectivity index (χ1) is 13.2. The normalized spacial score (nSPS) is 12.0. The van der Waals surface area contributed by atoms with E-state index in [1.54, 1.807) is 59.2 Å². The van der Waals surface area contributed by atoms with Crippen LogP contribution < -0.4 is 15.0 Å². The van der Waals surface area contributed by atoms with E-state index in [1.165, 1.54) is 4.90 Å². The van der Waals surface area contributed by atoms with Crippen molar-refractivity contribution in [1.82, 2.24) is 5.32 Å². The molecule has 0 unspecified atom stereocenters. The Morgan fingerprint density at radius 3 is 2.18 bits per heavy atom. The highest BCUT2D eigenvalue weighted by Gasteiger charge is 2.27. The van der Waals surface area contributed by atoms with Crippen molar-refractivity contribution in [2.24, 2.45) is 0 Å². The molecule has 1 N–H and O–H groups in total. The average Bonchev–Trinajstić information content (AvgIpc) is 2.65. The first-order valence-electron chi connectivity index (χ1n) is 9.14. The zero-order valence-corrected chi connectivity index (χ0v) is 17.1. The van der Waals surface area contributed by atoms with Gasteiger partial charge < -0.3 is 19.7 Å². The van der Waals surface area contributed by atoms with Gasteiger partial charge in [0, 0.05) is 19.2 Å². The second-order valence-electron chi connectivity index (χ2n) is 7.48. The molecule has 0 bridgehead atoms. The first kappa shape index (κ1) is 21.3. The fourth-order valence-corrected chi connectivity index (χ4v) is 2.67. The monoisotopic (exact) mass is 384 g/mol. The fourth-order valence-electron chi connectivity index (χ4n) is 2.67. The highest BCUT2D eigenvalue weighted by atomic mass is 16.6. The van der Waals surface area contributed by atoms with Crippen LogP contribution in [0, 0.1) is 0 Å². The number of ether oxygens (including phenoxy) is 2. The molecule has 0 spiro atoms. The Hall–Kier alpha value is -3.02. The van der Waals surface area contributed by atoms with E-state index in [-0.39, 0.29) is 5.91 Å². The summed E-state index contributed by atoms with van der Waals surface area (Å²) in [4.78, 5) is 26.9. The molecule has 6 nitrogen and oxygen atoms in total. The summed E-state index contributed by atoms with van der Waals surface area (Å²) in [7, 11) is 3.27. The molecule has 2 aromatic carbocycles. The number of carbonyl (C=O) groups excluding carboxylic acids is 2. The van der Waals surface area contributed by atoms with Gasteiger partial charge in [-0.3, -0.25) is 4.79 Å². The summed E-state index contributed by atoms with van der Waals surface area (Å²) in [6.07, 6.45) is -0.260. The van der Waals surface area contributed by atoms with Crippen LogP contribution >= 0.6 is 0 Å². The molecule has 0 aromatic heterocycles. The molecule has 2 amide bonds. The predicted octanol–water partition coefficient (Wildman–Crippen LogP) is 3.79. The maximum atomic E-state index is 13.1. The van der Waals surface area contributed by atoms with E-state index in [1.807, 2.05) is 30.3 Å². The zero-order chi connectivity index (χ0) is 20.7. The molecule has 28 heavy (non-hydrogen) atoms. The summed E-state index contributed by atoms with van der Waals surface area (Å²) < 4.78 is 10.5. The van der Waals surface area contributed by atoms with Crippen molar-refractivity contribution in [3.8, 4) is 5.75 Å². The second kappa shape index (κ2) is 9.26. The summed E-state index contributed by atoms with van der Waals surface area (Å²) in [5.74, 6) is 0.470. The lowest BCUT2D eigenvalue weighted by Crippen LogP contribution is -2.50. The van der Waals surface area contributed by atoms with Gasteiger partial charge in [-0.05, 0) is 50.6 Å². The number of nitrogens with zero attached hydrogens (tertiary/aromatic N) is 1. The smallest absolute Gasteiger partial charge is 0.408 e. The number of rotatable bonds is 6. The molecular formula is C22H28N2O4. The third-order valence-electron chi connectivity index (χ3n) is 4.06. The van der Waals surface area contributed by atoms with Gasteiger partial charge >= 0.3 is 6.09 Å². The molecule has 0 saturated heterocycles. The van der Waals surface area contributed by atoms with Crippen molar-refractivity contribution in [2.75, 3.05) is 19.1 Å². The van der Waals surface area contributed by atoms with Gasteiger partial charge in [0.25, 0.3) is 0 Å². The van der Waals surface area contributed by atoms with Crippen molar-refractivity contribution in [3.63, 3.8) is 0 Å². The third-order valence-corrected chi connectivity index (χ3v) is 4.06. The van der Waals surface area contributed by atoms with E-state index in [9.17, 15) is 9.59 Å². The summed E-state index contributed by atoms with van der Waals surface area (Å²) in [5.41, 5.74) is 1.00. The molecule has 0 radical (unpaired) electrons. The molecule has 0 saturated carbocycles. The Balaban J connectivity index is 2.20. The van der Waals surface area contributed by atoms with Gasteiger partial charge in [0.1, 0.15) is 17.4 Å². The van der Waals surface area contributed by atoms with Gasteiger partial charge in [-0.2, -0.15) is 0 Å². The highest BCUT2D eigenvalue weighted by Crippen LogP contribution is 2.19. The Morgan fingerprint density at radius 1 is 1.04 bits per heavy atom. The summed E-state index contributed by atoms with van der Waals surface area (Å²) >= 11 is 0. The van der Waals surface area contributed by atoms with Crippen molar-refractivity contribution in [2.45, 2.75) is 38.8 Å². The van der Waals surface area contributed by atoms with Gasteiger partial charge in [-0.25, -0.2) is 4.79 Å². The maximum absolute atomic E-state index is 13.1. The minimum Gasteiger partial charge on any atom is -0.497 e. The zero-order valence-electron chi connectivity index (χ0n) is 17.1. The van der Waals surface area contributed by atoms with E-state index >= 15 is 0 Å². The fraction of sp³-hybridized carbons (Fsp3) is 0.364. The van der Waals surface area contributed by atoms with Crippen LogP contribution in [0.25, 0.3) is 0 Å². The lowest BCUT2D eigenvalue weighted by Gasteiger charge is -2.27. The number of anilines is 1. The number of hydrogen-bond donors (Lipinski definition) is 1. The largest absolute Gasteiger partial charge is 0.497 e. The number of methoxy groups -OCH3 is 1. The Morgan fingerprint density at radius 2 is 1.64 bits per heavy atom. The second-order valence-corrected chi connectivity index (χ2v) is 7.48. The summed E-state index contributed by atoms with van der Waals surface area (Å²) in [6, 6.07) is 16.0. The van der Waals surface area contributed by atoms with E-state index in [0.29, 0.717) is 17.9 Å². The number of carbonyl (C=O) groups is 2. The van der Waals surface area contributed by atoms with Crippen molar-refractivity contribution < 1.29 is 19.1 Å². The number of likely N-dealkylation sites (N-methyl/N-ethyl adjacent to an activating group) is 1. The average molecular weight is 384 g/mol. The lowest BCUT2D eigenvalue weighted by atomic mass is 10.0. The topological polar surface area (TPSA) is 67.9 Å². The van der Waals surface area contributed by atoms with Crippen LogP contribution in [0.4, 0.5) is 10.5 Å². The number of amides is 2. The molecule has 2 aromatic rings. The lowest BCUT2D eigenvalue weighted by molar-refractivity contribution is -0.120. The quantitative estimate of drug-likeness (QED) is 0.823. The van der Waals surface area contributed by atoms with Crippen LogP contribution in [-0.4, -0.2) is 37.8 Å². The van der Waals surface area contributed by atoms with Gasteiger partial charge in [-0.1, -0.05) is 30.3 Å². The summed E-state index contributed by atoms with van der Waals surface area (Å²) in [6.45, 7) is 5.35. The van der Waals surface area contributed by atoms with E-state index < -0.39 is 17.7 Å². The SMILES string of the molecule is COc1ccc(N(C)C(=O)[C@@H](Cc2ccccc2)NC(=O)OC(C)(C)C)cc1. The number of benzene rings is 2. The maximum Gasteiger partial charge on any atom is 0.408 e. The Kier molecular flexibility index (Phi) is 7.04. The first-order valence-corrected chi connectivity index (χ1v) is 9.14. The molecule has 2 rings (SSSR count). The highest BCUT2D eigenvalue weighted by molar-refractivity contribution is 5.98. The van der Waals surface area contributed by atoms with Gasteiger partial charge in [0.15, 0.2) is 0 Å². The minimum absolute atomic E-state index is 0.236. The summed E-state index contributed by atoms with van der Waals surface area (Å²) in [5, 5.41) is 2.72. The molecule has 0 aliphatic rings.